The largest absolute Gasteiger partial charge is 0.493 e. The quantitative estimate of drug-likeness (QED) is 0.491. The van der Waals surface area contributed by atoms with Crippen molar-refractivity contribution in [2.75, 3.05) is 7.11 Å². The van der Waals surface area contributed by atoms with Gasteiger partial charge in [-0.2, -0.15) is 4.68 Å². The van der Waals surface area contributed by atoms with Crippen LogP contribution in [0.3, 0.4) is 0 Å². The van der Waals surface area contributed by atoms with Crippen molar-refractivity contribution in [1.29, 1.82) is 0 Å². The van der Waals surface area contributed by atoms with Crippen molar-refractivity contribution in [2.45, 2.75) is 13.1 Å². The molecule has 0 aliphatic heterocycles. The Kier molecular flexibility index (Phi) is 5.60. The molecule has 0 spiro atoms. The Hall–Kier alpha value is -3.23. The number of ether oxygens (including phenoxy) is 2. The number of nitrogens with one attached hydrogen (secondary N) is 1. The molecule has 7 nitrogen and oxygen atoms in total. The standard InChI is InChI=1S/C20H19N5O2S/c1-26-19-12-15(13-21-14-17-8-5-11-28-17)9-10-18(19)27-20-22-23-24-25(20)16-6-3-2-4-7-16/h2-12,21H,13-14H2,1H3. The zero-order valence-corrected chi connectivity index (χ0v) is 16.1. The molecule has 1 N–H and O–H groups in total. The van der Waals surface area contributed by atoms with Crippen LogP contribution in [0.5, 0.6) is 17.5 Å². The van der Waals surface area contributed by atoms with E-state index in [1.54, 1.807) is 18.4 Å². The van der Waals surface area contributed by atoms with Crippen molar-refractivity contribution in [1.82, 2.24) is 25.5 Å². The Morgan fingerprint density at radius 2 is 1.89 bits per heavy atom. The first-order valence-electron chi connectivity index (χ1n) is 8.75. The van der Waals surface area contributed by atoms with E-state index in [4.69, 9.17) is 9.47 Å². The van der Waals surface area contributed by atoms with Crippen LogP contribution in [-0.4, -0.2) is 27.3 Å². The molecule has 0 saturated carbocycles. The van der Waals surface area contributed by atoms with Gasteiger partial charge in [0.15, 0.2) is 11.5 Å². The molecule has 4 rings (SSSR count). The molecule has 2 heterocycles. The first-order valence-corrected chi connectivity index (χ1v) is 9.63. The smallest absolute Gasteiger partial charge is 0.346 e. The van der Waals surface area contributed by atoms with Gasteiger partial charge in [0.05, 0.1) is 12.8 Å². The second kappa shape index (κ2) is 8.64. The van der Waals surface area contributed by atoms with E-state index in [2.05, 4.69) is 38.4 Å². The van der Waals surface area contributed by atoms with Crippen LogP contribution in [0.1, 0.15) is 10.4 Å². The number of benzene rings is 2. The van der Waals surface area contributed by atoms with Crippen LogP contribution in [0.2, 0.25) is 0 Å². The van der Waals surface area contributed by atoms with E-state index in [1.807, 2.05) is 48.5 Å². The minimum Gasteiger partial charge on any atom is -0.493 e. The highest BCUT2D eigenvalue weighted by Gasteiger charge is 2.14. The predicted octanol–water partition coefficient (Wildman–Crippen LogP) is 3.81. The van der Waals surface area contributed by atoms with Crippen LogP contribution in [0.4, 0.5) is 0 Å². The third kappa shape index (κ3) is 4.19. The summed E-state index contributed by atoms with van der Waals surface area (Å²) in [6, 6.07) is 19.8. The van der Waals surface area contributed by atoms with Gasteiger partial charge in [-0.1, -0.05) is 35.4 Å². The van der Waals surface area contributed by atoms with Gasteiger partial charge in [0.2, 0.25) is 0 Å². The number of tetrazole rings is 1. The van der Waals surface area contributed by atoms with Crippen LogP contribution < -0.4 is 14.8 Å². The molecule has 4 aromatic rings. The number of nitrogens with zero attached hydrogens (tertiary/aromatic N) is 4. The molecule has 0 saturated heterocycles. The van der Waals surface area contributed by atoms with E-state index in [9.17, 15) is 0 Å². The molecule has 0 radical (unpaired) electrons. The zero-order chi connectivity index (χ0) is 19.2. The number of hydrogen-bond acceptors (Lipinski definition) is 7. The molecule has 0 unspecified atom stereocenters. The molecule has 142 valence electrons. The molecule has 28 heavy (non-hydrogen) atoms. The van der Waals surface area contributed by atoms with Crippen molar-refractivity contribution in [3.05, 3.63) is 76.5 Å². The summed E-state index contributed by atoms with van der Waals surface area (Å²) in [5.74, 6) is 1.18. The lowest BCUT2D eigenvalue weighted by atomic mass is 10.2. The fraction of sp³-hybridized carbons (Fsp3) is 0.150. The molecule has 2 aromatic carbocycles. The summed E-state index contributed by atoms with van der Waals surface area (Å²) in [7, 11) is 1.62. The Morgan fingerprint density at radius 3 is 2.68 bits per heavy atom. The molecule has 0 fully saturated rings. The summed E-state index contributed by atoms with van der Waals surface area (Å²) in [6.07, 6.45) is 0. The van der Waals surface area contributed by atoms with Crippen LogP contribution in [0.15, 0.2) is 66.0 Å². The van der Waals surface area contributed by atoms with E-state index in [0.29, 0.717) is 11.5 Å². The lowest BCUT2D eigenvalue weighted by Crippen LogP contribution is -2.11. The van der Waals surface area contributed by atoms with Gasteiger partial charge in [-0.05, 0) is 51.7 Å². The summed E-state index contributed by atoms with van der Waals surface area (Å²) in [6.45, 7) is 1.57. The maximum atomic E-state index is 5.93. The maximum Gasteiger partial charge on any atom is 0.346 e. The van der Waals surface area contributed by atoms with Crippen LogP contribution in [0, 0.1) is 0 Å². The maximum absolute atomic E-state index is 5.93. The zero-order valence-electron chi connectivity index (χ0n) is 15.3. The normalized spacial score (nSPS) is 10.8. The summed E-state index contributed by atoms with van der Waals surface area (Å²) in [4.78, 5) is 1.31. The monoisotopic (exact) mass is 393 g/mol. The average Bonchev–Trinajstić information content (AvgIpc) is 3.42. The lowest BCUT2D eigenvalue weighted by Gasteiger charge is -2.12. The summed E-state index contributed by atoms with van der Waals surface area (Å²) >= 11 is 1.74. The van der Waals surface area contributed by atoms with Crippen molar-refractivity contribution >= 4 is 11.3 Å². The Balaban J connectivity index is 1.47. The van der Waals surface area contributed by atoms with Gasteiger partial charge in [-0.3, -0.25) is 0 Å². The van der Waals surface area contributed by atoms with Gasteiger partial charge >= 0.3 is 6.01 Å². The fourth-order valence-electron chi connectivity index (χ4n) is 2.72. The van der Waals surface area contributed by atoms with Gasteiger partial charge in [0.25, 0.3) is 0 Å². The molecule has 0 bridgehead atoms. The summed E-state index contributed by atoms with van der Waals surface area (Å²) < 4.78 is 13.0. The van der Waals surface area contributed by atoms with E-state index in [1.165, 1.54) is 9.56 Å². The van der Waals surface area contributed by atoms with E-state index >= 15 is 0 Å². The molecule has 0 aliphatic rings. The van der Waals surface area contributed by atoms with Crippen molar-refractivity contribution in [3.8, 4) is 23.2 Å². The van der Waals surface area contributed by atoms with E-state index < -0.39 is 0 Å². The van der Waals surface area contributed by atoms with Gasteiger partial charge < -0.3 is 14.8 Å². The highest BCUT2D eigenvalue weighted by molar-refractivity contribution is 7.09. The van der Waals surface area contributed by atoms with Gasteiger partial charge in [-0.25, -0.2) is 0 Å². The molecule has 8 heteroatoms. The highest BCUT2D eigenvalue weighted by Crippen LogP contribution is 2.32. The average molecular weight is 393 g/mol. The molecule has 0 atom stereocenters. The van der Waals surface area contributed by atoms with E-state index in [0.717, 1.165) is 24.3 Å². The lowest BCUT2D eigenvalue weighted by molar-refractivity contribution is 0.362. The van der Waals surface area contributed by atoms with Crippen molar-refractivity contribution < 1.29 is 9.47 Å². The number of hydrogen-bond donors (Lipinski definition) is 1. The topological polar surface area (TPSA) is 74.1 Å². The number of methoxy groups -OCH3 is 1. The first kappa shape index (κ1) is 18.1. The van der Waals surface area contributed by atoms with Crippen LogP contribution in [-0.2, 0) is 13.1 Å². The Labute approximate surface area is 166 Å². The van der Waals surface area contributed by atoms with Gasteiger partial charge in [0.1, 0.15) is 0 Å². The third-order valence-corrected chi connectivity index (χ3v) is 4.96. The number of rotatable bonds is 8. The fourth-order valence-corrected chi connectivity index (χ4v) is 3.40. The molecular formula is C20H19N5O2S. The molecule has 2 aromatic heterocycles. The minimum atomic E-state index is 0.271. The molecule has 0 aliphatic carbocycles. The van der Waals surface area contributed by atoms with Crippen LogP contribution >= 0.6 is 11.3 Å². The number of thiophene rings is 1. The predicted molar refractivity (Wildman–Crippen MR) is 107 cm³/mol. The number of aromatic nitrogens is 4. The van der Waals surface area contributed by atoms with Gasteiger partial charge in [0, 0.05) is 18.0 Å². The second-order valence-corrected chi connectivity index (χ2v) is 7.01. The molecular weight excluding hydrogens is 374 g/mol. The molecule has 0 amide bonds. The van der Waals surface area contributed by atoms with Crippen molar-refractivity contribution in [3.63, 3.8) is 0 Å². The summed E-state index contributed by atoms with van der Waals surface area (Å²) in [5, 5.41) is 17.2. The third-order valence-electron chi connectivity index (χ3n) is 4.08. The van der Waals surface area contributed by atoms with Gasteiger partial charge in [-0.15, -0.1) is 11.3 Å². The second-order valence-electron chi connectivity index (χ2n) is 5.98. The Morgan fingerprint density at radius 1 is 1.00 bits per heavy atom. The van der Waals surface area contributed by atoms with E-state index in [-0.39, 0.29) is 6.01 Å². The number of para-hydroxylation sites is 1. The SMILES string of the molecule is COc1cc(CNCc2cccs2)ccc1Oc1nnnn1-c1ccccc1. The highest BCUT2D eigenvalue weighted by atomic mass is 32.1. The van der Waals surface area contributed by atoms with Crippen molar-refractivity contribution in [2.24, 2.45) is 0 Å². The minimum absolute atomic E-state index is 0.271. The Bertz CT molecular complexity index is 1020. The first-order chi connectivity index (χ1) is 13.8. The van der Waals surface area contributed by atoms with Crippen LogP contribution in [0.25, 0.3) is 5.69 Å². The summed E-state index contributed by atoms with van der Waals surface area (Å²) in [5.41, 5.74) is 1.92.